The standard InChI is InChI=1S/C18H22N6O2/c25-7-2-15-11-22-10-13(8-14(22)12-26-15)23-6-4-20-17(23)16-9-21-24-5-1-3-19-18(16)24/h1,3-6,9,13-15,25H,2,7-8,10-12H2/t13-,14-,15-/m0/s1. The van der Waals surface area contributed by atoms with Gasteiger partial charge in [-0.2, -0.15) is 5.10 Å². The molecule has 3 aromatic heterocycles. The first-order chi connectivity index (χ1) is 12.8. The van der Waals surface area contributed by atoms with Crippen LogP contribution in [0.1, 0.15) is 18.9 Å². The van der Waals surface area contributed by atoms with Crippen molar-refractivity contribution in [3.63, 3.8) is 0 Å². The minimum atomic E-state index is 0.140. The van der Waals surface area contributed by atoms with Crippen molar-refractivity contribution in [3.8, 4) is 11.4 Å². The first-order valence-electron chi connectivity index (χ1n) is 9.11. The third kappa shape index (κ3) is 2.61. The highest BCUT2D eigenvalue weighted by atomic mass is 16.5. The fraction of sp³-hybridized carbons (Fsp3) is 0.500. The van der Waals surface area contributed by atoms with Crippen LogP contribution in [0.3, 0.4) is 0 Å². The molecule has 0 bridgehead atoms. The van der Waals surface area contributed by atoms with Gasteiger partial charge in [0.1, 0.15) is 5.82 Å². The molecular formula is C18H22N6O2. The Morgan fingerprint density at radius 2 is 2.12 bits per heavy atom. The van der Waals surface area contributed by atoms with E-state index in [9.17, 15) is 0 Å². The number of aliphatic hydroxyl groups excluding tert-OH is 1. The molecular weight excluding hydrogens is 332 g/mol. The van der Waals surface area contributed by atoms with E-state index < -0.39 is 0 Å². The Bertz CT molecular complexity index is 906. The molecule has 2 aliphatic rings. The maximum atomic E-state index is 9.17. The Labute approximate surface area is 151 Å². The summed E-state index contributed by atoms with van der Waals surface area (Å²) in [4.78, 5) is 11.6. The lowest BCUT2D eigenvalue weighted by Gasteiger charge is -2.34. The van der Waals surface area contributed by atoms with Gasteiger partial charge in [-0.05, 0) is 18.9 Å². The molecule has 0 aromatic carbocycles. The van der Waals surface area contributed by atoms with Gasteiger partial charge < -0.3 is 14.4 Å². The number of aliphatic hydroxyl groups is 1. The Kier molecular flexibility index (Phi) is 3.96. The number of ether oxygens (including phenoxy) is 1. The average Bonchev–Trinajstić information content (AvgIpc) is 3.38. The molecule has 3 atom stereocenters. The maximum Gasteiger partial charge on any atom is 0.165 e. The molecule has 0 spiro atoms. The quantitative estimate of drug-likeness (QED) is 0.753. The Hall–Kier alpha value is -2.29. The molecule has 8 heteroatoms. The summed E-state index contributed by atoms with van der Waals surface area (Å²) in [6.45, 7) is 2.79. The van der Waals surface area contributed by atoms with Gasteiger partial charge in [-0.15, -0.1) is 0 Å². The molecule has 3 aromatic rings. The molecule has 136 valence electrons. The summed E-state index contributed by atoms with van der Waals surface area (Å²) in [7, 11) is 0. The molecule has 0 radical (unpaired) electrons. The van der Waals surface area contributed by atoms with E-state index in [2.05, 4.69) is 30.7 Å². The first kappa shape index (κ1) is 15.9. The normalized spacial score (nSPS) is 26.4. The van der Waals surface area contributed by atoms with Crippen molar-refractivity contribution in [1.82, 2.24) is 29.0 Å². The third-order valence-electron chi connectivity index (χ3n) is 5.50. The van der Waals surface area contributed by atoms with Crippen molar-refractivity contribution >= 4 is 5.65 Å². The summed E-state index contributed by atoms with van der Waals surface area (Å²) in [6.07, 6.45) is 11.3. The lowest BCUT2D eigenvalue weighted by atomic mass is 10.1. The zero-order chi connectivity index (χ0) is 17.5. The zero-order valence-corrected chi connectivity index (χ0v) is 14.5. The van der Waals surface area contributed by atoms with Crippen LogP contribution in [0.4, 0.5) is 0 Å². The summed E-state index contributed by atoms with van der Waals surface area (Å²) in [5, 5.41) is 13.6. The van der Waals surface area contributed by atoms with E-state index in [-0.39, 0.29) is 12.7 Å². The molecule has 2 aliphatic heterocycles. The summed E-state index contributed by atoms with van der Waals surface area (Å²) in [5.74, 6) is 0.913. The SMILES string of the molecule is OCC[C@H]1CN2C[C@@H](n3ccnc3-c3cnn4cccnc34)C[C@H]2CO1. The van der Waals surface area contributed by atoms with E-state index in [1.54, 1.807) is 10.7 Å². The van der Waals surface area contributed by atoms with Crippen molar-refractivity contribution in [2.75, 3.05) is 26.3 Å². The van der Waals surface area contributed by atoms with Gasteiger partial charge >= 0.3 is 0 Å². The van der Waals surface area contributed by atoms with E-state index >= 15 is 0 Å². The van der Waals surface area contributed by atoms with Crippen LogP contribution in [0.5, 0.6) is 0 Å². The number of rotatable bonds is 4. The van der Waals surface area contributed by atoms with Crippen LogP contribution in [0, 0.1) is 0 Å². The molecule has 26 heavy (non-hydrogen) atoms. The second-order valence-corrected chi connectivity index (χ2v) is 7.07. The van der Waals surface area contributed by atoms with E-state index in [1.165, 1.54) is 0 Å². The molecule has 8 nitrogen and oxygen atoms in total. The number of fused-ring (bicyclic) bond motifs is 2. The highest BCUT2D eigenvalue weighted by Crippen LogP contribution is 2.34. The van der Waals surface area contributed by atoms with Crippen molar-refractivity contribution in [2.24, 2.45) is 0 Å². The number of nitrogens with zero attached hydrogens (tertiary/aromatic N) is 6. The number of morpholine rings is 1. The van der Waals surface area contributed by atoms with Crippen molar-refractivity contribution in [2.45, 2.75) is 31.0 Å². The molecule has 2 fully saturated rings. The minimum absolute atomic E-state index is 0.140. The lowest BCUT2D eigenvalue weighted by Crippen LogP contribution is -2.46. The molecule has 1 N–H and O–H groups in total. The average molecular weight is 354 g/mol. The van der Waals surface area contributed by atoms with Crippen LogP contribution in [-0.2, 0) is 4.74 Å². The van der Waals surface area contributed by atoms with Gasteiger partial charge in [0.05, 0.1) is 24.5 Å². The predicted octanol–water partition coefficient (Wildman–Crippen LogP) is 0.989. The number of aromatic nitrogens is 5. The molecule has 5 rings (SSSR count). The van der Waals surface area contributed by atoms with Crippen LogP contribution >= 0.6 is 0 Å². The van der Waals surface area contributed by atoms with Gasteiger partial charge in [0.2, 0.25) is 0 Å². The van der Waals surface area contributed by atoms with Crippen LogP contribution in [0.15, 0.2) is 37.1 Å². The van der Waals surface area contributed by atoms with Crippen molar-refractivity contribution in [1.29, 1.82) is 0 Å². The van der Waals surface area contributed by atoms with Gasteiger partial charge in [-0.3, -0.25) is 4.90 Å². The van der Waals surface area contributed by atoms with Gasteiger partial charge in [0.25, 0.3) is 0 Å². The number of imidazole rings is 1. The third-order valence-corrected chi connectivity index (χ3v) is 5.50. The number of hydrogen-bond donors (Lipinski definition) is 1. The van der Waals surface area contributed by atoms with E-state index in [1.807, 2.05) is 24.7 Å². The maximum absolute atomic E-state index is 9.17. The van der Waals surface area contributed by atoms with E-state index in [4.69, 9.17) is 9.84 Å². The molecule has 0 amide bonds. The fourth-order valence-corrected chi connectivity index (χ4v) is 4.24. The van der Waals surface area contributed by atoms with E-state index in [0.717, 1.165) is 43.2 Å². The van der Waals surface area contributed by atoms with Crippen LogP contribution < -0.4 is 0 Å². The molecule has 0 saturated carbocycles. The number of hydrogen-bond acceptors (Lipinski definition) is 6. The smallest absolute Gasteiger partial charge is 0.165 e. The largest absolute Gasteiger partial charge is 0.396 e. The van der Waals surface area contributed by atoms with Crippen molar-refractivity contribution in [3.05, 3.63) is 37.1 Å². The first-order valence-corrected chi connectivity index (χ1v) is 9.11. The van der Waals surface area contributed by atoms with Gasteiger partial charge in [0, 0.05) is 56.6 Å². The Morgan fingerprint density at radius 3 is 3.04 bits per heavy atom. The molecule has 2 saturated heterocycles. The molecule has 0 aliphatic carbocycles. The van der Waals surface area contributed by atoms with Crippen molar-refractivity contribution < 1.29 is 9.84 Å². The minimum Gasteiger partial charge on any atom is -0.396 e. The van der Waals surface area contributed by atoms with Crippen LogP contribution in [0.2, 0.25) is 0 Å². The second-order valence-electron chi connectivity index (χ2n) is 7.07. The summed E-state index contributed by atoms with van der Waals surface area (Å²) >= 11 is 0. The lowest BCUT2D eigenvalue weighted by molar-refractivity contribution is -0.0567. The zero-order valence-electron chi connectivity index (χ0n) is 14.5. The summed E-state index contributed by atoms with van der Waals surface area (Å²) in [6, 6.07) is 2.66. The van der Waals surface area contributed by atoms with Crippen LogP contribution in [0.25, 0.3) is 17.0 Å². The van der Waals surface area contributed by atoms with E-state index in [0.29, 0.717) is 18.5 Å². The highest BCUT2D eigenvalue weighted by Gasteiger charge is 2.38. The van der Waals surface area contributed by atoms with Gasteiger partial charge in [-0.1, -0.05) is 0 Å². The van der Waals surface area contributed by atoms with Crippen LogP contribution in [-0.4, -0.2) is 72.6 Å². The van der Waals surface area contributed by atoms with Gasteiger partial charge in [-0.25, -0.2) is 14.5 Å². The second kappa shape index (κ2) is 6.46. The van der Waals surface area contributed by atoms with Gasteiger partial charge in [0.15, 0.2) is 5.65 Å². The summed E-state index contributed by atoms with van der Waals surface area (Å²) in [5.41, 5.74) is 1.77. The molecule has 5 heterocycles. The topological polar surface area (TPSA) is 80.7 Å². The molecule has 0 unspecified atom stereocenters. The Morgan fingerprint density at radius 1 is 1.15 bits per heavy atom. The predicted molar refractivity (Wildman–Crippen MR) is 94.7 cm³/mol. The summed E-state index contributed by atoms with van der Waals surface area (Å²) < 4.78 is 9.94. The monoisotopic (exact) mass is 354 g/mol. The Balaban J connectivity index is 1.42. The highest BCUT2D eigenvalue weighted by molar-refractivity contribution is 5.72. The fourth-order valence-electron chi connectivity index (χ4n) is 4.24.